The van der Waals surface area contributed by atoms with Crippen LogP contribution in [0.15, 0.2) is 0 Å². The van der Waals surface area contributed by atoms with Crippen molar-refractivity contribution < 1.29 is 4.79 Å². The summed E-state index contributed by atoms with van der Waals surface area (Å²) in [4.78, 5) is 12.6. The summed E-state index contributed by atoms with van der Waals surface area (Å²) < 4.78 is 0. The van der Waals surface area contributed by atoms with Crippen molar-refractivity contribution in [1.82, 2.24) is 5.32 Å². The molecule has 2 bridgehead atoms. The highest BCUT2D eigenvalue weighted by Gasteiger charge is 2.43. The zero-order valence-corrected chi connectivity index (χ0v) is 14.3. The smallest absolute Gasteiger partial charge is 0.225 e. The third kappa shape index (κ3) is 3.39. The lowest BCUT2D eigenvalue weighted by Crippen LogP contribution is -2.55. The average molecular weight is 315 g/mol. The number of amides is 1. The van der Waals surface area contributed by atoms with Crippen LogP contribution in [0.1, 0.15) is 65.2 Å². The number of hydrogen-bond donors (Lipinski definition) is 2. The Kier molecular flexibility index (Phi) is 5.25. The molecule has 0 spiro atoms. The van der Waals surface area contributed by atoms with Crippen molar-refractivity contribution in [2.75, 3.05) is 0 Å². The highest BCUT2D eigenvalue weighted by Crippen LogP contribution is 2.49. The lowest BCUT2D eigenvalue weighted by Gasteiger charge is -2.38. The SMILES string of the molecule is CC(NC(=O)C1CCCCC1(C)N)C1CC2CCC1C2.Cl. The maximum absolute atomic E-state index is 12.6. The largest absolute Gasteiger partial charge is 0.353 e. The Balaban J connectivity index is 0.00000161. The Morgan fingerprint density at radius 2 is 2.00 bits per heavy atom. The van der Waals surface area contributed by atoms with E-state index in [2.05, 4.69) is 19.2 Å². The minimum absolute atomic E-state index is 0. The number of nitrogens with two attached hydrogens (primary N) is 1. The van der Waals surface area contributed by atoms with Gasteiger partial charge in [-0.2, -0.15) is 0 Å². The van der Waals surface area contributed by atoms with E-state index in [1.54, 1.807) is 0 Å². The van der Waals surface area contributed by atoms with Crippen LogP contribution in [0, 0.1) is 23.7 Å². The van der Waals surface area contributed by atoms with E-state index in [9.17, 15) is 4.79 Å². The monoisotopic (exact) mass is 314 g/mol. The van der Waals surface area contributed by atoms with Crippen molar-refractivity contribution in [2.45, 2.75) is 76.8 Å². The summed E-state index contributed by atoms with van der Waals surface area (Å²) in [6, 6.07) is 0.329. The van der Waals surface area contributed by atoms with Gasteiger partial charge >= 0.3 is 0 Å². The van der Waals surface area contributed by atoms with E-state index in [4.69, 9.17) is 5.73 Å². The summed E-state index contributed by atoms with van der Waals surface area (Å²) in [7, 11) is 0. The van der Waals surface area contributed by atoms with Gasteiger partial charge in [0.05, 0.1) is 5.92 Å². The Morgan fingerprint density at radius 3 is 2.57 bits per heavy atom. The summed E-state index contributed by atoms with van der Waals surface area (Å²) in [6.45, 7) is 4.26. The summed E-state index contributed by atoms with van der Waals surface area (Å²) in [5.74, 6) is 2.75. The molecule has 3 fully saturated rings. The predicted molar refractivity (Wildman–Crippen MR) is 88.3 cm³/mol. The van der Waals surface area contributed by atoms with Gasteiger partial charge in [0.15, 0.2) is 0 Å². The Hall–Kier alpha value is -0.280. The molecule has 3 N–H and O–H groups in total. The maximum atomic E-state index is 12.6. The molecular weight excluding hydrogens is 284 g/mol. The highest BCUT2D eigenvalue weighted by atomic mass is 35.5. The number of rotatable bonds is 3. The number of fused-ring (bicyclic) bond motifs is 2. The third-order valence-electron chi connectivity index (χ3n) is 6.38. The van der Waals surface area contributed by atoms with Gasteiger partial charge in [-0.25, -0.2) is 0 Å². The van der Waals surface area contributed by atoms with E-state index < -0.39 is 0 Å². The van der Waals surface area contributed by atoms with Crippen LogP contribution in [-0.2, 0) is 4.79 Å². The van der Waals surface area contributed by atoms with Crippen LogP contribution in [0.25, 0.3) is 0 Å². The molecule has 0 aliphatic heterocycles. The molecule has 3 aliphatic carbocycles. The molecular formula is C17H31ClN2O. The van der Waals surface area contributed by atoms with E-state index in [0.717, 1.165) is 31.1 Å². The molecule has 6 unspecified atom stereocenters. The first-order valence-corrected chi connectivity index (χ1v) is 8.56. The second kappa shape index (κ2) is 6.45. The summed E-state index contributed by atoms with van der Waals surface area (Å²) >= 11 is 0. The van der Waals surface area contributed by atoms with E-state index in [1.165, 1.54) is 32.1 Å². The molecule has 3 rings (SSSR count). The normalized spacial score (nSPS) is 43.2. The topological polar surface area (TPSA) is 55.1 Å². The second-order valence-corrected chi connectivity index (χ2v) is 7.94. The number of nitrogens with one attached hydrogen (secondary N) is 1. The van der Waals surface area contributed by atoms with Crippen molar-refractivity contribution in [3.05, 3.63) is 0 Å². The fraction of sp³-hybridized carbons (Fsp3) is 0.941. The Morgan fingerprint density at radius 1 is 1.24 bits per heavy atom. The number of carbonyl (C=O) groups is 1. The molecule has 3 nitrogen and oxygen atoms in total. The van der Waals surface area contributed by atoms with Gasteiger partial charge in [0.2, 0.25) is 5.91 Å². The van der Waals surface area contributed by atoms with Crippen LogP contribution in [0.4, 0.5) is 0 Å². The highest BCUT2D eigenvalue weighted by molar-refractivity contribution is 5.85. The molecule has 3 saturated carbocycles. The van der Waals surface area contributed by atoms with Gasteiger partial charge in [0.25, 0.3) is 0 Å². The van der Waals surface area contributed by atoms with Gasteiger partial charge in [0.1, 0.15) is 0 Å². The van der Waals surface area contributed by atoms with Gasteiger partial charge < -0.3 is 11.1 Å². The van der Waals surface area contributed by atoms with E-state index in [0.29, 0.717) is 12.0 Å². The third-order valence-corrected chi connectivity index (χ3v) is 6.38. The summed E-state index contributed by atoms with van der Waals surface area (Å²) in [5, 5.41) is 3.31. The zero-order valence-electron chi connectivity index (χ0n) is 13.4. The minimum Gasteiger partial charge on any atom is -0.353 e. The summed E-state index contributed by atoms with van der Waals surface area (Å²) in [6.07, 6.45) is 9.79. The molecule has 0 aromatic rings. The van der Waals surface area contributed by atoms with E-state index in [-0.39, 0.29) is 29.8 Å². The molecule has 0 aromatic carbocycles. The molecule has 122 valence electrons. The molecule has 3 aliphatic rings. The lowest BCUT2D eigenvalue weighted by molar-refractivity contribution is -0.129. The molecule has 1 amide bonds. The average Bonchev–Trinajstić information content (AvgIpc) is 3.00. The molecule has 4 heteroatoms. The van der Waals surface area contributed by atoms with E-state index in [1.807, 2.05) is 0 Å². The van der Waals surface area contributed by atoms with Crippen LogP contribution in [0.5, 0.6) is 0 Å². The van der Waals surface area contributed by atoms with Crippen LogP contribution >= 0.6 is 12.4 Å². The molecule has 0 saturated heterocycles. The number of hydrogen-bond acceptors (Lipinski definition) is 2. The van der Waals surface area contributed by atoms with Crippen molar-refractivity contribution in [1.29, 1.82) is 0 Å². The van der Waals surface area contributed by atoms with Crippen LogP contribution in [0.3, 0.4) is 0 Å². The predicted octanol–water partition coefficient (Wildman–Crippen LogP) is 3.26. The maximum Gasteiger partial charge on any atom is 0.225 e. The van der Waals surface area contributed by atoms with Gasteiger partial charge in [-0.05, 0) is 63.7 Å². The quantitative estimate of drug-likeness (QED) is 0.840. The molecule has 6 atom stereocenters. The zero-order chi connectivity index (χ0) is 14.3. The minimum atomic E-state index is -0.309. The molecule has 21 heavy (non-hydrogen) atoms. The van der Waals surface area contributed by atoms with Crippen LogP contribution in [-0.4, -0.2) is 17.5 Å². The van der Waals surface area contributed by atoms with Gasteiger partial charge in [0, 0.05) is 11.6 Å². The standard InChI is InChI=1S/C17H30N2O.ClH/c1-11(14-10-12-6-7-13(14)9-12)19-16(20)15-5-3-4-8-17(15,2)18;/h11-15H,3-10,18H2,1-2H3,(H,19,20);1H. The van der Waals surface area contributed by atoms with Gasteiger partial charge in [-0.1, -0.05) is 19.3 Å². The molecule has 0 heterocycles. The van der Waals surface area contributed by atoms with Crippen molar-refractivity contribution in [3.63, 3.8) is 0 Å². The first kappa shape index (κ1) is 17.1. The van der Waals surface area contributed by atoms with Gasteiger partial charge in [-0.15, -0.1) is 12.4 Å². The molecule has 0 radical (unpaired) electrons. The lowest BCUT2D eigenvalue weighted by atomic mass is 9.74. The fourth-order valence-corrected chi connectivity index (χ4v) is 5.13. The van der Waals surface area contributed by atoms with Crippen LogP contribution in [0.2, 0.25) is 0 Å². The Bertz CT molecular complexity index is 385. The van der Waals surface area contributed by atoms with Gasteiger partial charge in [-0.3, -0.25) is 4.79 Å². The summed E-state index contributed by atoms with van der Waals surface area (Å²) in [5.41, 5.74) is 6.04. The first-order chi connectivity index (χ1) is 9.47. The Labute approximate surface area is 135 Å². The van der Waals surface area contributed by atoms with Crippen molar-refractivity contribution in [3.8, 4) is 0 Å². The van der Waals surface area contributed by atoms with E-state index >= 15 is 0 Å². The van der Waals surface area contributed by atoms with Crippen molar-refractivity contribution in [2.24, 2.45) is 29.4 Å². The molecule has 0 aromatic heterocycles. The first-order valence-electron chi connectivity index (χ1n) is 8.56. The number of carbonyl (C=O) groups excluding carboxylic acids is 1. The number of halogens is 1. The van der Waals surface area contributed by atoms with Crippen molar-refractivity contribution >= 4 is 18.3 Å². The van der Waals surface area contributed by atoms with Crippen LogP contribution < -0.4 is 11.1 Å². The second-order valence-electron chi connectivity index (χ2n) is 7.94. The fourth-order valence-electron chi connectivity index (χ4n) is 5.13.